The third kappa shape index (κ3) is 9.75. The molecule has 0 aliphatic carbocycles. The van der Waals surface area contributed by atoms with Crippen molar-refractivity contribution in [2.75, 3.05) is 26.2 Å². The summed E-state index contributed by atoms with van der Waals surface area (Å²) >= 11 is 1.77. The molecular weight excluding hydrogens is 513 g/mol. The number of carbonyl (C=O) groups is 1. The normalized spacial score (nSPS) is 10.8. The zero-order valence-electron chi connectivity index (χ0n) is 17.9. The van der Waals surface area contributed by atoms with Gasteiger partial charge in [-0.1, -0.05) is 19.1 Å². The van der Waals surface area contributed by atoms with Gasteiger partial charge in [0.15, 0.2) is 12.6 Å². The highest BCUT2D eigenvalue weighted by atomic mass is 127. The molecule has 0 fully saturated rings. The molecule has 2 aromatic rings. The summed E-state index contributed by atoms with van der Waals surface area (Å²) in [5, 5.41) is 10.5. The standard InChI is InChI=1S/C21H31N5O2S.HI/c1-4-18-14-25-20(29-18)10-11-24-21(23-6-3)26-13-16-8-7-9-17(12-16)28-15-19(27)22-5-2;/h7-9,12,14H,4-6,10-11,13,15H2,1-3H3,(H,22,27)(H2,23,24,26);1H. The van der Waals surface area contributed by atoms with Gasteiger partial charge in [-0.2, -0.15) is 0 Å². The second kappa shape index (κ2) is 15.0. The van der Waals surface area contributed by atoms with Crippen LogP contribution < -0.4 is 20.7 Å². The van der Waals surface area contributed by atoms with Crippen LogP contribution in [0.4, 0.5) is 0 Å². The number of nitrogens with one attached hydrogen (secondary N) is 3. The molecule has 0 spiro atoms. The van der Waals surface area contributed by atoms with Crippen molar-refractivity contribution >= 4 is 47.2 Å². The van der Waals surface area contributed by atoms with Crippen LogP contribution in [-0.2, 0) is 24.2 Å². The second-order valence-electron chi connectivity index (χ2n) is 6.34. The van der Waals surface area contributed by atoms with Crippen LogP contribution >= 0.6 is 35.3 Å². The quantitative estimate of drug-likeness (QED) is 0.230. The Morgan fingerprint density at radius 2 is 1.97 bits per heavy atom. The van der Waals surface area contributed by atoms with Crippen molar-refractivity contribution in [3.8, 4) is 5.75 Å². The first-order valence-electron chi connectivity index (χ1n) is 10.1. The van der Waals surface area contributed by atoms with Crippen LogP contribution in [0, 0.1) is 0 Å². The smallest absolute Gasteiger partial charge is 0.257 e. The Balaban J connectivity index is 0.00000450. The number of hydrogen-bond acceptors (Lipinski definition) is 5. The lowest BCUT2D eigenvalue weighted by molar-refractivity contribution is -0.122. The lowest BCUT2D eigenvalue weighted by atomic mass is 10.2. The number of aromatic nitrogens is 1. The molecule has 7 nitrogen and oxygen atoms in total. The zero-order valence-corrected chi connectivity index (χ0v) is 21.0. The number of guanidine groups is 1. The lowest BCUT2D eigenvalue weighted by Gasteiger charge is -2.11. The SMILES string of the molecule is CCNC(=O)COc1cccc(CN=C(NCC)NCCc2ncc(CC)s2)c1.I. The number of hydrogen-bond donors (Lipinski definition) is 3. The van der Waals surface area contributed by atoms with E-state index in [9.17, 15) is 4.79 Å². The van der Waals surface area contributed by atoms with Crippen molar-refractivity contribution in [3.63, 3.8) is 0 Å². The number of nitrogens with zero attached hydrogens (tertiary/aromatic N) is 2. The first kappa shape index (κ1) is 26.2. The fourth-order valence-electron chi connectivity index (χ4n) is 2.56. The Labute approximate surface area is 200 Å². The third-order valence-corrected chi connectivity index (χ3v) is 5.19. The predicted molar refractivity (Wildman–Crippen MR) is 134 cm³/mol. The molecule has 0 saturated carbocycles. The second-order valence-corrected chi connectivity index (χ2v) is 7.54. The topological polar surface area (TPSA) is 87.6 Å². The number of rotatable bonds is 11. The average molecular weight is 545 g/mol. The van der Waals surface area contributed by atoms with Crippen molar-refractivity contribution in [1.82, 2.24) is 20.9 Å². The fraction of sp³-hybridized carbons (Fsp3) is 0.476. The summed E-state index contributed by atoms with van der Waals surface area (Å²) < 4.78 is 5.54. The number of thiazole rings is 1. The van der Waals surface area contributed by atoms with Crippen LogP contribution in [-0.4, -0.2) is 43.1 Å². The highest BCUT2D eigenvalue weighted by Gasteiger charge is 2.04. The molecule has 0 radical (unpaired) electrons. The average Bonchev–Trinajstić information content (AvgIpc) is 3.19. The van der Waals surface area contributed by atoms with E-state index in [1.165, 1.54) is 4.88 Å². The van der Waals surface area contributed by atoms with E-state index in [0.29, 0.717) is 18.8 Å². The van der Waals surface area contributed by atoms with Crippen LogP contribution in [0.3, 0.4) is 0 Å². The van der Waals surface area contributed by atoms with E-state index in [1.54, 1.807) is 11.3 Å². The minimum absolute atomic E-state index is 0. The lowest BCUT2D eigenvalue weighted by Crippen LogP contribution is -2.38. The monoisotopic (exact) mass is 545 g/mol. The van der Waals surface area contributed by atoms with Gasteiger partial charge in [0.05, 0.1) is 11.6 Å². The maximum atomic E-state index is 11.5. The molecule has 0 unspecified atom stereocenters. The summed E-state index contributed by atoms with van der Waals surface area (Å²) in [6.07, 6.45) is 3.86. The Morgan fingerprint density at radius 1 is 1.17 bits per heavy atom. The van der Waals surface area contributed by atoms with Gasteiger partial charge in [-0.15, -0.1) is 35.3 Å². The highest BCUT2D eigenvalue weighted by Crippen LogP contribution is 2.14. The van der Waals surface area contributed by atoms with Crippen LogP contribution in [0.1, 0.15) is 36.2 Å². The van der Waals surface area contributed by atoms with Gasteiger partial charge in [-0.3, -0.25) is 4.79 Å². The summed E-state index contributed by atoms with van der Waals surface area (Å²) in [6.45, 7) is 8.77. The summed E-state index contributed by atoms with van der Waals surface area (Å²) in [5.74, 6) is 1.31. The Kier molecular flexibility index (Phi) is 13.1. The van der Waals surface area contributed by atoms with Crippen molar-refractivity contribution in [1.29, 1.82) is 0 Å². The summed E-state index contributed by atoms with van der Waals surface area (Å²) in [5.41, 5.74) is 1.02. The number of aliphatic imine (C=N–C) groups is 1. The van der Waals surface area contributed by atoms with E-state index in [0.717, 1.165) is 42.5 Å². The maximum absolute atomic E-state index is 11.5. The van der Waals surface area contributed by atoms with E-state index >= 15 is 0 Å². The Bertz CT molecular complexity index is 797. The van der Waals surface area contributed by atoms with Crippen LogP contribution in [0.2, 0.25) is 0 Å². The van der Waals surface area contributed by atoms with Crippen molar-refractivity contribution in [2.24, 2.45) is 4.99 Å². The first-order chi connectivity index (χ1) is 14.1. The van der Waals surface area contributed by atoms with E-state index in [1.807, 2.05) is 44.3 Å². The largest absolute Gasteiger partial charge is 0.484 e. The van der Waals surface area contributed by atoms with Crippen molar-refractivity contribution in [3.05, 3.63) is 45.9 Å². The number of likely N-dealkylation sites (N-methyl/N-ethyl adjacent to an activating group) is 1. The number of amides is 1. The molecular formula is C21H32IN5O2S. The van der Waals surface area contributed by atoms with Gasteiger partial charge >= 0.3 is 0 Å². The molecule has 0 bridgehead atoms. The fourth-order valence-corrected chi connectivity index (χ4v) is 3.42. The summed E-state index contributed by atoms with van der Waals surface area (Å²) in [4.78, 5) is 21.9. The molecule has 30 heavy (non-hydrogen) atoms. The summed E-state index contributed by atoms with van der Waals surface area (Å²) in [6, 6.07) is 7.66. The van der Waals surface area contributed by atoms with Gasteiger partial charge in [0.25, 0.3) is 5.91 Å². The molecule has 0 aliphatic heterocycles. The minimum Gasteiger partial charge on any atom is -0.484 e. The number of benzene rings is 1. The molecule has 1 amide bonds. The maximum Gasteiger partial charge on any atom is 0.257 e. The number of ether oxygens (including phenoxy) is 1. The molecule has 1 aromatic carbocycles. The van der Waals surface area contributed by atoms with Gasteiger partial charge in [-0.25, -0.2) is 9.98 Å². The molecule has 2 rings (SSSR count). The van der Waals surface area contributed by atoms with Gasteiger partial charge in [0.1, 0.15) is 5.75 Å². The third-order valence-electron chi connectivity index (χ3n) is 3.99. The summed E-state index contributed by atoms with van der Waals surface area (Å²) in [7, 11) is 0. The molecule has 0 saturated heterocycles. The Morgan fingerprint density at radius 3 is 2.67 bits per heavy atom. The van der Waals surface area contributed by atoms with Gasteiger partial charge < -0.3 is 20.7 Å². The predicted octanol–water partition coefficient (Wildman–Crippen LogP) is 3.14. The molecule has 1 heterocycles. The molecule has 166 valence electrons. The van der Waals surface area contributed by atoms with Crippen molar-refractivity contribution < 1.29 is 9.53 Å². The number of carbonyl (C=O) groups excluding carboxylic acids is 1. The molecule has 0 aliphatic rings. The van der Waals surface area contributed by atoms with E-state index in [-0.39, 0.29) is 36.5 Å². The first-order valence-corrected chi connectivity index (χ1v) is 10.9. The number of halogens is 1. The van der Waals surface area contributed by atoms with Gasteiger partial charge in [0, 0.05) is 37.1 Å². The van der Waals surface area contributed by atoms with E-state index in [2.05, 4.69) is 32.9 Å². The number of aryl methyl sites for hydroxylation is 1. The highest BCUT2D eigenvalue weighted by molar-refractivity contribution is 14.0. The van der Waals surface area contributed by atoms with Gasteiger partial charge in [-0.05, 0) is 38.0 Å². The molecule has 0 atom stereocenters. The molecule has 1 aromatic heterocycles. The van der Waals surface area contributed by atoms with Crippen molar-refractivity contribution in [2.45, 2.75) is 40.2 Å². The van der Waals surface area contributed by atoms with Crippen LogP contribution in [0.25, 0.3) is 0 Å². The van der Waals surface area contributed by atoms with E-state index in [4.69, 9.17) is 4.74 Å². The van der Waals surface area contributed by atoms with Crippen LogP contribution in [0.15, 0.2) is 35.5 Å². The van der Waals surface area contributed by atoms with Gasteiger partial charge in [0.2, 0.25) is 0 Å². The molecule has 3 N–H and O–H groups in total. The minimum atomic E-state index is -0.124. The van der Waals surface area contributed by atoms with E-state index < -0.39 is 0 Å². The van der Waals surface area contributed by atoms with Crippen LogP contribution in [0.5, 0.6) is 5.75 Å². The zero-order chi connectivity index (χ0) is 20.9. The molecule has 9 heteroatoms. The Hall–Kier alpha value is -1.88.